The Kier molecular flexibility index (Phi) is 3.97. The lowest BCUT2D eigenvalue weighted by Crippen LogP contribution is -2.38. The number of nitrogens with zero attached hydrogens (tertiary/aromatic N) is 3. The Morgan fingerprint density at radius 1 is 1.21 bits per heavy atom. The normalized spacial score (nSPS) is 18.7. The number of nitrogens with one attached hydrogen (secondary N) is 1. The van der Waals surface area contributed by atoms with Crippen LogP contribution in [0.15, 0.2) is 6.33 Å². The molecule has 1 aromatic heterocycles. The summed E-state index contributed by atoms with van der Waals surface area (Å²) >= 11 is 0. The fourth-order valence-corrected chi connectivity index (χ4v) is 2.69. The molecular weight excluding hydrogens is 236 g/mol. The average molecular weight is 262 g/mol. The van der Waals surface area contributed by atoms with E-state index in [0.717, 1.165) is 24.7 Å². The van der Waals surface area contributed by atoms with E-state index in [0.29, 0.717) is 11.3 Å². The van der Waals surface area contributed by atoms with E-state index in [9.17, 15) is 0 Å². The van der Waals surface area contributed by atoms with Gasteiger partial charge in [-0.1, -0.05) is 27.7 Å². The van der Waals surface area contributed by atoms with Crippen LogP contribution in [0.1, 0.15) is 52.0 Å². The summed E-state index contributed by atoms with van der Waals surface area (Å²) in [5, 5.41) is 3.19. The van der Waals surface area contributed by atoms with Gasteiger partial charge < -0.3 is 10.2 Å². The van der Waals surface area contributed by atoms with Crippen LogP contribution in [0, 0.1) is 5.41 Å². The van der Waals surface area contributed by atoms with Crippen LogP contribution < -0.4 is 10.2 Å². The molecule has 1 saturated heterocycles. The second kappa shape index (κ2) is 5.35. The Morgan fingerprint density at radius 3 is 2.37 bits per heavy atom. The van der Waals surface area contributed by atoms with Gasteiger partial charge in [0.05, 0.1) is 0 Å². The summed E-state index contributed by atoms with van der Waals surface area (Å²) in [7, 11) is 1.93. The van der Waals surface area contributed by atoms with Crippen molar-refractivity contribution in [3.63, 3.8) is 0 Å². The first-order chi connectivity index (χ1) is 8.94. The highest BCUT2D eigenvalue weighted by molar-refractivity contribution is 5.60. The Balaban J connectivity index is 2.30. The third-order valence-electron chi connectivity index (χ3n) is 4.09. The van der Waals surface area contributed by atoms with Gasteiger partial charge in [0.15, 0.2) is 0 Å². The summed E-state index contributed by atoms with van der Waals surface area (Å²) in [5.41, 5.74) is 1.71. The topological polar surface area (TPSA) is 41.1 Å². The van der Waals surface area contributed by atoms with Crippen molar-refractivity contribution in [2.75, 3.05) is 30.4 Å². The highest BCUT2D eigenvalue weighted by Crippen LogP contribution is 2.36. The lowest BCUT2D eigenvalue weighted by molar-refractivity contribution is 0.279. The van der Waals surface area contributed by atoms with Crippen molar-refractivity contribution in [3.8, 4) is 0 Å². The van der Waals surface area contributed by atoms with Crippen molar-refractivity contribution in [2.45, 2.75) is 46.5 Å². The van der Waals surface area contributed by atoms with Gasteiger partial charge in [0.25, 0.3) is 0 Å². The first-order valence-electron chi connectivity index (χ1n) is 7.22. The molecule has 2 heterocycles. The molecular formula is C15H26N4. The molecule has 0 radical (unpaired) electrons. The minimum Gasteiger partial charge on any atom is -0.373 e. The second-order valence-electron chi connectivity index (χ2n) is 6.52. The van der Waals surface area contributed by atoms with Gasteiger partial charge in [-0.2, -0.15) is 0 Å². The van der Waals surface area contributed by atoms with Crippen LogP contribution in [0.3, 0.4) is 0 Å². The molecule has 106 valence electrons. The molecule has 2 rings (SSSR count). The molecule has 1 aliphatic heterocycles. The molecule has 0 spiro atoms. The van der Waals surface area contributed by atoms with Crippen LogP contribution in [-0.2, 0) is 0 Å². The maximum atomic E-state index is 4.55. The minimum atomic E-state index is 0.425. The van der Waals surface area contributed by atoms with Crippen molar-refractivity contribution in [1.29, 1.82) is 0 Å². The largest absolute Gasteiger partial charge is 0.373 e. The lowest BCUT2D eigenvalue weighted by atomic mass is 9.82. The Bertz CT molecular complexity index is 430. The van der Waals surface area contributed by atoms with Crippen molar-refractivity contribution in [3.05, 3.63) is 11.9 Å². The summed E-state index contributed by atoms with van der Waals surface area (Å²) in [5.74, 6) is 2.50. The molecule has 4 nitrogen and oxygen atoms in total. The van der Waals surface area contributed by atoms with Gasteiger partial charge >= 0.3 is 0 Å². The number of anilines is 2. The molecule has 0 saturated carbocycles. The van der Waals surface area contributed by atoms with E-state index in [1.165, 1.54) is 18.4 Å². The zero-order chi connectivity index (χ0) is 14.0. The summed E-state index contributed by atoms with van der Waals surface area (Å²) < 4.78 is 0. The van der Waals surface area contributed by atoms with Gasteiger partial charge in [-0.3, -0.25) is 0 Å². The molecule has 1 aliphatic rings. The number of aromatic nitrogens is 2. The van der Waals surface area contributed by atoms with Crippen molar-refractivity contribution >= 4 is 11.6 Å². The molecule has 0 bridgehead atoms. The van der Waals surface area contributed by atoms with E-state index in [1.807, 2.05) is 7.05 Å². The van der Waals surface area contributed by atoms with Gasteiger partial charge in [0.2, 0.25) is 0 Å². The third-order valence-corrected chi connectivity index (χ3v) is 4.09. The predicted molar refractivity (Wildman–Crippen MR) is 80.9 cm³/mol. The fourth-order valence-electron chi connectivity index (χ4n) is 2.69. The smallest absolute Gasteiger partial charge is 0.137 e. The van der Waals surface area contributed by atoms with Crippen molar-refractivity contribution in [2.24, 2.45) is 5.41 Å². The molecule has 1 fully saturated rings. The molecule has 0 amide bonds. The van der Waals surface area contributed by atoms with Crippen LogP contribution in [0.4, 0.5) is 11.6 Å². The summed E-state index contributed by atoms with van der Waals surface area (Å²) in [6, 6.07) is 0. The summed E-state index contributed by atoms with van der Waals surface area (Å²) in [4.78, 5) is 11.3. The molecule has 1 aromatic rings. The van der Waals surface area contributed by atoms with E-state index in [-0.39, 0.29) is 0 Å². The molecule has 1 N–H and O–H groups in total. The maximum Gasteiger partial charge on any atom is 0.137 e. The monoisotopic (exact) mass is 262 g/mol. The maximum absolute atomic E-state index is 4.55. The van der Waals surface area contributed by atoms with Crippen LogP contribution in [0.5, 0.6) is 0 Å². The SMILES string of the molecule is CNc1ncnc(N2CCC(C)(C)CC2)c1C(C)C. The van der Waals surface area contributed by atoms with Gasteiger partial charge in [-0.25, -0.2) is 9.97 Å². The lowest BCUT2D eigenvalue weighted by Gasteiger charge is -2.38. The van der Waals surface area contributed by atoms with Crippen LogP contribution >= 0.6 is 0 Å². The second-order valence-corrected chi connectivity index (χ2v) is 6.52. The first kappa shape index (κ1) is 14.1. The molecule has 0 atom stereocenters. The van der Waals surface area contributed by atoms with E-state index in [1.54, 1.807) is 6.33 Å². The Hall–Kier alpha value is -1.32. The predicted octanol–water partition coefficient (Wildman–Crippen LogP) is 3.27. The Morgan fingerprint density at radius 2 is 1.84 bits per heavy atom. The van der Waals surface area contributed by atoms with E-state index in [4.69, 9.17) is 0 Å². The molecule has 0 aromatic carbocycles. The third kappa shape index (κ3) is 2.99. The van der Waals surface area contributed by atoms with Crippen LogP contribution in [0.25, 0.3) is 0 Å². The molecule has 0 unspecified atom stereocenters. The molecule has 0 aliphatic carbocycles. The molecule has 4 heteroatoms. The average Bonchev–Trinajstić information content (AvgIpc) is 2.37. The van der Waals surface area contributed by atoms with Gasteiger partial charge in [-0.15, -0.1) is 0 Å². The zero-order valence-electron chi connectivity index (χ0n) is 12.8. The number of rotatable bonds is 3. The standard InChI is InChI=1S/C15H26N4/c1-11(2)12-13(16-5)17-10-18-14(12)19-8-6-15(3,4)7-9-19/h10-11H,6-9H2,1-5H3,(H,16,17,18). The van der Waals surface area contributed by atoms with Gasteiger partial charge in [0.1, 0.15) is 18.0 Å². The van der Waals surface area contributed by atoms with Crippen molar-refractivity contribution < 1.29 is 0 Å². The van der Waals surface area contributed by atoms with Gasteiger partial charge in [0, 0.05) is 25.7 Å². The zero-order valence-corrected chi connectivity index (χ0v) is 12.8. The van der Waals surface area contributed by atoms with E-state index < -0.39 is 0 Å². The van der Waals surface area contributed by atoms with Crippen molar-refractivity contribution in [1.82, 2.24) is 9.97 Å². The van der Waals surface area contributed by atoms with Gasteiger partial charge in [-0.05, 0) is 24.2 Å². The highest BCUT2D eigenvalue weighted by Gasteiger charge is 2.28. The van der Waals surface area contributed by atoms with Crippen LogP contribution in [0.2, 0.25) is 0 Å². The first-order valence-corrected chi connectivity index (χ1v) is 7.22. The number of hydrogen-bond donors (Lipinski definition) is 1. The Labute approximate surface area is 116 Å². The molecule has 19 heavy (non-hydrogen) atoms. The van der Waals surface area contributed by atoms with E-state index in [2.05, 4.69) is 47.9 Å². The van der Waals surface area contributed by atoms with Crippen LogP contribution in [-0.4, -0.2) is 30.1 Å². The van der Waals surface area contributed by atoms with E-state index >= 15 is 0 Å². The number of piperidine rings is 1. The quantitative estimate of drug-likeness (QED) is 0.907. The highest BCUT2D eigenvalue weighted by atomic mass is 15.2. The summed E-state index contributed by atoms with van der Waals surface area (Å²) in [6.45, 7) is 11.3. The summed E-state index contributed by atoms with van der Waals surface area (Å²) in [6.07, 6.45) is 4.12. The minimum absolute atomic E-state index is 0.425. The fraction of sp³-hybridized carbons (Fsp3) is 0.733. The number of hydrogen-bond acceptors (Lipinski definition) is 4.